The van der Waals surface area contributed by atoms with Gasteiger partial charge in [0.05, 0.1) is 49.9 Å². The molecule has 32 heteroatoms. The van der Waals surface area contributed by atoms with Crippen LogP contribution in [0.25, 0.3) is 32.7 Å². The van der Waals surface area contributed by atoms with Crippen LogP contribution in [0.3, 0.4) is 0 Å². The minimum absolute atomic E-state index is 0.0440. The molecule has 12 aromatic rings. The third-order valence-electron chi connectivity index (χ3n) is 26.0. The van der Waals surface area contributed by atoms with Gasteiger partial charge in [-0.25, -0.2) is 9.59 Å². The predicted octanol–water partition coefficient (Wildman–Crippen LogP) is 21.2. The van der Waals surface area contributed by atoms with Gasteiger partial charge in [0.15, 0.2) is 0 Å². The van der Waals surface area contributed by atoms with E-state index in [4.69, 9.17) is 39.5 Å². The molecule has 6 atom stereocenters. The summed E-state index contributed by atoms with van der Waals surface area (Å²) in [6.45, 7) is 18.3. The van der Waals surface area contributed by atoms with E-state index < -0.39 is 32.4 Å². The van der Waals surface area contributed by atoms with Crippen molar-refractivity contribution in [3.05, 3.63) is 297 Å². The van der Waals surface area contributed by atoms with Crippen molar-refractivity contribution < 1.29 is 47.9 Å². The van der Waals surface area contributed by atoms with Crippen molar-refractivity contribution in [2.75, 3.05) is 85.1 Å². The summed E-state index contributed by atoms with van der Waals surface area (Å²) in [5, 5.41) is 10.3. The summed E-state index contributed by atoms with van der Waals surface area (Å²) in [7, 11) is 0. The number of H-pyrrole nitrogens is 3. The van der Waals surface area contributed by atoms with Crippen molar-refractivity contribution in [1.82, 2.24) is 64.8 Å². The number of thioether (sulfide) groups is 3. The van der Waals surface area contributed by atoms with Gasteiger partial charge in [-0.05, 0) is 180 Å². The Bertz CT molecular complexity index is 5770. The Balaban J connectivity index is 0.000000147. The smallest absolute Gasteiger partial charge is 0.317 e. The zero-order chi connectivity index (χ0) is 95.1. The summed E-state index contributed by atoms with van der Waals surface area (Å²) in [6.07, 6.45) is 6.95. The number of likely N-dealkylation sites (tertiary alicyclic amines) is 4. The quantitative estimate of drug-likeness (QED) is 0.0396. The number of hydrogen-bond donors (Lipinski definition) is 5. The summed E-state index contributed by atoms with van der Waals surface area (Å²) >= 11 is 34.0. The van der Waals surface area contributed by atoms with Crippen LogP contribution in [0.1, 0.15) is 121 Å². The van der Waals surface area contributed by atoms with E-state index in [1.807, 2.05) is 283 Å². The lowest BCUT2D eigenvalue weighted by atomic mass is 9.89. The average molecular weight is 2130 g/mol. The number of piperidine rings is 1. The van der Waals surface area contributed by atoms with Crippen LogP contribution < -0.4 is 10.6 Å². The maximum Gasteiger partial charge on any atom is 0.317 e. The molecule has 0 unspecified atom stereocenters. The molecule has 135 heavy (non-hydrogen) atoms. The number of halogens is 6. The lowest BCUT2D eigenvalue weighted by Gasteiger charge is -2.42. The molecule has 0 bridgehead atoms. The maximum atomic E-state index is 15.1. The summed E-state index contributed by atoms with van der Waals surface area (Å²) in [4.78, 5) is 153. The van der Waals surface area contributed by atoms with Crippen LogP contribution in [0.4, 0.5) is 9.59 Å². The molecule has 5 N–H and O–H groups in total. The maximum absolute atomic E-state index is 15.1. The molecule has 23 nitrogen and oxygen atoms in total. The van der Waals surface area contributed by atoms with Crippen LogP contribution in [0.2, 0.25) is 15.1 Å². The van der Waals surface area contributed by atoms with Crippen LogP contribution in [-0.2, 0) is 57.9 Å². The number of carbonyl (C=O) groups excluding carboxylic acids is 9. The molecule has 702 valence electrons. The lowest BCUT2D eigenvalue weighted by molar-refractivity contribution is -0.151. The van der Waals surface area contributed by atoms with Crippen LogP contribution in [0, 0.1) is 26.7 Å². The molecule has 0 saturated carbocycles. The number of urea groups is 2. The number of fused-ring (bicyclic) bond motifs is 3. The van der Waals surface area contributed by atoms with Gasteiger partial charge in [-0.2, -0.15) is 0 Å². The van der Waals surface area contributed by atoms with Crippen LogP contribution >= 0.6 is 118 Å². The number of rotatable bonds is 22. The number of ether oxygens (including phenoxy) is 1. The summed E-state index contributed by atoms with van der Waals surface area (Å²) < 4.78 is 4.66. The summed E-state index contributed by atoms with van der Waals surface area (Å²) in [5.41, 5.74) is 11.4. The molecule has 6 saturated heterocycles. The van der Waals surface area contributed by atoms with E-state index >= 15 is 14.4 Å². The van der Waals surface area contributed by atoms with E-state index in [0.717, 1.165) is 111 Å². The topological polar surface area (TPSA) is 260 Å². The molecule has 0 radical (unpaired) electrons. The van der Waals surface area contributed by atoms with Gasteiger partial charge >= 0.3 is 18.0 Å². The first-order valence-electron chi connectivity index (χ1n) is 45.3. The molecule has 18 rings (SSSR count). The van der Waals surface area contributed by atoms with Gasteiger partial charge in [-0.15, -0.1) is 35.3 Å². The Kier molecular flexibility index (Phi) is 31.0. The van der Waals surface area contributed by atoms with Crippen molar-refractivity contribution in [3.8, 4) is 0 Å². The van der Waals surface area contributed by atoms with E-state index in [1.54, 1.807) is 16.7 Å². The van der Waals surface area contributed by atoms with E-state index in [2.05, 4.69) is 73.4 Å². The second kappa shape index (κ2) is 42.8. The Labute approximate surface area is 838 Å². The number of piperazine rings is 2. The number of carbonyl (C=O) groups is 9. The van der Waals surface area contributed by atoms with Crippen molar-refractivity contribution in [2.24, 2.45) is 5.92 Å². The highest BCUT2D eigenvalue weighted by atomic mass is 79.9. The Morgan fingerprint density at radius 3 is 0.933 bits per heavy atom. The van der Waals surface area contributed by atoms with E-state index in [0.29, 0.717) is 133 Å². The predicted molar refractivity (Wildman–Crippen MR) is 546 cm³/mol. The molecule has 3 aromatic heterocycles. The molecule has 6 aliphatic heterocycles. The van der Waals surface area contributed by atoms with Crippen LogP contribution in [-0.4, -0.2) is 207 Å². The van der Waals surface area contributed by atoms with Gasteiger partial charge in [0.2, 0.25) is 35.4 Å². The lowest BCUT2D eigenvalue weighted by Crippen LogP contribution is -2.58. The third kappa shape index (κ3) is 21.4. The summed E-state index contributed by atoms with van der Waals surface area (Å²) in [6, 6.07) is 63.1. The van der Waals surface area contributed by atoms with Gasteiger partial charge in [0.25, 0.3) is 0 Å². The van der Waals surface area contributed by atoms with Gasteiger partial charge in [-0.1, -0.05) is 190 Å². The molecule has 0 spiro atoms. The van der Waals surface area contributed by atoms with Crippen molar-refractivity contribution in [2.45, 2.75) is 140 Å². The van der Waals surface area contributed by atoms with Crippen LogP contribution in [0.5, 0.6) is 0 Å². The second-order valence-corrected chi connectivity index (χ2v) is 43.2. The summed E-state index contributed by atoms with van der Waals surface area (Å²) in [5.74, 6) is -0.966. The Hall–Kier alpha value is -10.2. The molecule has 9 aromatic carbocycles. The number of esters is 1. The number of nitrogens with zero attached hydrogens (tertiary/aromatic N) is 8. The first kappa shape index (κ1) is 97.9. The normalized spacial score (nSPS) is 20.4. The molecular weight excluding hydrogens is 2020 g/mol. The average Bonchev–Trinajstić information content (AvgIpc) is 1.57. The van der Waals surface area contributed by atoms with E-state index in [9.17, 15) is 28.8 Å². The number of nitrogens with one attached hydrogen (secondary N) is 5. The SMILES string of the molecule is CCNC(=O)N1CCN(C(=O)[C@]2(Sc3ccc(C)cc3)CC(=O)N(Cc3ccc(Br)cc3)[C@H]2c2c[nH]c3cc(Cl)ccc23)CC1.CCNC(=O)N1CCN(C(=O)[C@]2(Sc3ccc(C)cc3)CC(=O)N(Cc3ccc(Br)cc3)[C@H]2c2c[nH]c3cc(Cl)ccc23)CC1.CCOC(=O)C1CCN(C(=O)[C@]2(Sc3ccc(C)cc3)CC(=O)N(Cc3ccc(Br)cc3)[C@H]2c2c[nH]c3cc(Cl)ccc23)CC1. The minimum Gasteiger partial charge on any atom is -0.466 e. The fourth-order valence-electron chi connectivity index (χ4n) is 19.2. The number of amides is 10. The minimum atomic E-state index is -1.16. The first-order valence-corrected chi connectivity index (χ1v) is 51.3. The zero-order valence-electron chi connectivity index (χ0n) is 75.6. The molecule has 6 aliphatic rings. The van der Waals surface area contributed by atoms with E-state index in [1.165, 1.54) is 35.3 Å². The third-order valence-corrected chi connectivity index (χ3v) is 32.5. The van der Waals surface area contributed by atoms with Gasteiger partial charge in [0.1, 0.15) is 14.2 Å². The van der Waals surface area contributed by atoms with Crippen molar-refractivity contribution in [3.63, 3.8) is 0 Å². The van der Waals surface area contributed by atoms with E-state index in [-0.39, 0.29) is 78.7 Å². The Morgan fingerprint density at radius 1 is 0.385 bits per heavy atom. The molecule has 6 fully saturated rings. The fourth-order valence-corrected chi connectivity index (χ4v) is 24.9. The van der Waals surface area contributed by atoms with Crippen LogP contribution in [0.15, 0.2) is 247 Å². The monoisotopic (exact) mass is 2120 g/mol. The molecular formula is C103H105Br3Cl3N13O10S3. The second-order valence-electron chi connectivity index (χ2n) is 34.9. The molecule has 10 amide bonds. The Morgan fingerprint density at radius 2 is 0.659 bits per heavy atom. The number of benzene rings is 9. The van der Waals surface area contributed by atoms with Crippen molar-refractivity contribution >= 4 is 204 Å². The highest BCUT2D eigenvalue weighted by molar-refractivity contribution is 9.11. The van der Waals surface area contributed by atoms with Gasteiger partial charge < -0.3 is 69.5 Å². The number of aryl methyl sites for hydroxylation is 3. The van der Waals surface area contributed by atoms with Gasteiger partial charge in [-0.3, -0.25) is 33.6 Å². The standard InChI is InChI=1S/C35H35BrClN3O4S.2C34H35BrClN5O3S/c1-3-44-33(42)24-14-16-39(17-15-24)34(43)35(45-27-11-4-22(2)5-12-27)19-31(41)40(21-23-6-8-25(36)9-7-23)32(35)29-20-38-30-18-26(37)10-13-28(29)30;2*1-3-37-33(44)40-16-14-39(15-17-40)32(43)34(45-26-11-4-22(2)5-12-26)19-30(42)41(21-23-6-8-24(35)9-7-23)31(34)28-20-38-29-18-25(36)10-13-27(28)29/h4-13,18,20,24,32,38H,3,14-17,19,21H2,1-2H3;2*4-13,18,20,31,38H,3,14-17,19,21H2,1-2H3,(H,37,44)/t32-,35-;2*31-,34-/m000/s1. The van der Waals surface area contributed by atoms with Crippen molar-refractivity contribution in [1.29, 1.82) is 0 Å². The zero-order valence-corrected chi connectivity index (χ0v) is 85.1. The number of aromatic nitrogens is 3. The number of aromatic amines is 3. The van der Waals surface area contributed by atoms with Gasteiger partial charge in [0, 0.05) is 209 Å². The highest BCUT2D eigenvalue weighted by Crippen LogP contribution is 2.59. The first-order chi connectivity index (χ1) is 65.0. The molecule has 9 heterocycles. The largest absolute Gasteiger partial charge is 0.466 e. The number of hydrogen-bond acceptors (Lipinski definition) is 13. The molecule has 0 aliphatic carbocycles. The fraction of sp³-hybridized carbons (Fsp3) is 0.330. The highest BCUT2D eigenvalue weighted by Gasteiger charge is 2.63.